The number of carbonyl (C=O) groups is 1. The number of hydrogen-bond acceptors (Lipinski definition) is 8. The van der Waals surface area contributed by atoms with E-state index < -0.39 is 0 Å². The third-order valence-electron chi connectivity index (χ3n) is 9.16. The molecule has 1 saturated heterocycles. The first-order valence-electron chi connectivity index (χ1n) is 17.1. The van der Waals surface area contributed by atoms with Gasteiger partial charge in [0.1, 0.15) is 17.7 Å². The number of benzene rings is 2. The van der Waals surface area contributed by atoms with Gasteiger partial charge in [-0.25, -0.2) is 9.48 Å². The van der Waals surface area contributed by atoms with Crippen molar-refractivity contribution in [1.82, 2.24) is 29.7 Å². The molecule has 7 rings (SSSR count). The van der Waals surface area contributed by atoms with Crippen LogP contribution in [0.3, 0.4) is 0 Å². The number of aliphatic hydroxyl groups is 1. The van der Waals surface area contributed by atoms with Gasteiger partial charge in [0.15, 0.2) is 5.65 Å². The normalized spacial score (nSPS) is 17.9. The lowest BCUT2D eigenvalue weighted by Gasteiger charge is -2.32. The van der Waals surface area contributed by atoms with Crippen molar-refractivity contribution in [2.24, 2.45) is 0 Å². The van der Waals surface area contributed by atoms with E-state index in [0.717, 1.165) is 83.5 Å². The Bertz CT molecular complexity index is 1930. The largest absolute Gasteiger partial charge is 0.484 e. The number of piperidine rings is 1. The SMILES string of the molecule is CC(C)(C)c1cc(NC(=O)N[C@H]2CC[C@@H](Oc3ccc4nnc(N5CCCCC5)n4c3)c3ccccc32)n(-c2cccc(SCCO)c2)n1. The Kier molecular flexibility index (Phi) is 9.50. The summed E-state index contributed by atoms with van der Waals surface area (Å²) in [6, 6.07) is 21.5. The van der Waals surface area contributed by atoms with Crippen molar-refractivity contribution < 1.29 is 14.6 Å². The van der Waals surface area contributed by atoms with Crippen LogP contribution in [0.2, 0.25) is 0 Å². The topological polar surface area (TPSA) is 122 Å². The molecule has 12 heteroatoms. The fourth-order valence-electron chi connectivity index (χ4n) is 6.64. The molecule has 2 aromatic carbocycles. The number of rotatable bonds is 9. The van der Waals surface area contributed by atoms with Gasteiger partial charge in [-0.1, -0.05) is 51.1 Å². The highest BCUT2D eigenvalue weighted by Gasteiger charge is 2.30. The minimum absolute atomic E-state index is 0.105. The molecular weight excluding hydrogens is 637 g/mol. The fraction of sp³-hybridized carbons (Fsp3) is 0.405. The molecule has 0 bridgehead atoms. The summed E-state index contributed by atoms with van der Waals surface area (Å²) in [6.07, 6.45) is 6.89. The number of amides is 2. The second-order valence-corrected chi connectivity index (χ2v) is 14.9. The molecule has 1 fully saturated rings. The summed E-state index contributed by atoms with van der Waals surface area (Å²) in [7, 11) is 0. The molecule has 3 N–H and O–H groups in total. The van der Waals surface area contributed by atoms with Crippen LogP contribution in [0, 0.1) is 0 Å². The summed E-state index contributed by atoms with van der Waals surface area (Å²) >= 11 is 1.58. The Labute approximate surface area is 291 Å². The zero-order valence-electron chi connectivity index (χ0n) is 28.3. The monoisotopic (exact) mass is 680 g/mol. The lowest BCUT2D eigenvalue weighted by Crippen LogP contribution is -2.36. The lowest BCUT2D eigenvalue weighted by molar-refractivity contribution is 0.171. The van der Waals surface area contributed by atoms with Gasteiger partial charge >= 0.3 is 6.03 Å². The number of hydrogen-bond donors (Lipinski definition) is 3. The number of pyridine rings is 1. The molecule has 0 radical (unpaired) electrons. The predicted octanol–water partition coefficient (Wildman–Crippen LogP) is 7.06. The summed E-state index contributed by atoms with van der Waals surface area (Å²) < 4.78 is 10.4. The molecule has 0 saturated carbocycles. The number of aliphatic hydroxyl groups excluding tert-OH is 1. The molecule has 11 nitrogen and oxygen atoms in total. The first kappa shape index (κ1) is 33.0. The van der Waals surface area contributed by atoms with Gasteiger partial charge in [0.2, 0.25) is 5.95 Å². The smallest absolute Gasteiger partial charge is 0.320 e. The third kappa shape index (κ3) is 7.25. The molecule has 3 aromatic heterocycles. The highest BCUT2D eigenvalue weighted by atomic mass is 32.2. The molecule has 0 unspecified atom stereocenters. The van der Waals surface area contributed by atoms with E-state index in [4.69, 9.17) is 9.84 Å². The van der Waals surface area contributed by atoms with Crippen LogP contribution < -0.4 is 20.3 Å². The van der Waals surface area contributed by atoms with E-state index in [1.807, 2.05) is 65.2 Å². The maximum atomic E-state index is 13.6. The molecule has 4 heterocycles. The van der Waals surface area contributed by atoms with Crippen molar-refractivity contribution in [3.63, 3.8) is 0 Å². The van der Waals surface area contributed by atoms with Crippen LogP contribution in [0.1, 0.15) is 81.8 Å². The van der Waals surface area contributed by atoms with Crippen LogP contribution in [0.4, 0.5) is 16.6 Å². The van der Waals surface area contributed by atoms with Gasteiger partial charge in [-0.15, -0.1) is 22.0 Å². The maximum Gasteiger partial charge on any atom is 0.320 e. The molecule has 2 amide bonds. The van der Waals surface area contributed by atoms with Crippen molar-refractivity contribution in [3.05, 3.63) is 89.7 Å². The number of thioether (sulfide) groups is 1. The molecule has 49 heavy (non-hydrogen) atoms. The van der Waals surface area contributed by atoms with Crippen LogP contribution in [-0.2, 0) is 5.41 Å². The molecule has 2 atom stereocenters. The third-order valence-corrected chi connectivity index (χ3v) is 10.1. The Hall–Kier alpha value is -4.55. The lowest BCUT2D eigenvalue weighted by atomic mass is 9.85. The van der Waals surface area contributed by atoms with Crippen LogP contribution >= 0.6 is 11.8 Å². The summed E-state index contributed by atoms with van der Waals surface area (Å²) in [5.74, 6) is 2.82. The average Bonchev–Trinajstić information content (AvgIpc) is 3.73. The molecule has 0 spiro atoms. The highest BCUT2D eigenvalue weighted by molar-refractivity contribution is 7.99. The van der Waals surface area contributed by atoms with Crippen molar-refractivity contribution >= 4 is 35.2 Å². The van der Waals surface area contributed by atoms with Gasteiger partial charge in [0.05, 0.1) is 30.2 Å². The molecule has 1 aliphatic heterocycles. The molecular formula is C37H44N8O3S. The minimum atomic E-state index is -0.296. The molecule has 256 valence electrons. The second-order valence-electron chi connectivity index (χ2n) is 13.8. The van der Waals surface area contributed by atoms with Crippen LogP contribution in [0.5, 0.6) is 5.75 Å². The van der Waals surface area contributed by atoms with E-state index in [1.165, 1.54) is 6.42 Å². The van der Waals surface area contributed by atoms with Gasteiger partial charge in [-0.3, -0.25) is 9.72 Å². The summed E-state index contributed by atoms with van der Waals surface area (Å²) in [5.41, 5.74) is 4.40. The van der Waals surface area contributed by atoms with E-state index in [0.29, 0.717) is 11.6 Å². The van der Waals surface area contributed by atoms with E-state index in [1.54, 1.807) is 16.4 Å². The van der Waals surface area contributed by atoms with Gasteiger partial charge in [-0.05, 0) is 73.6 Å². The number of aromatic nitrogens is 5. The number of fused-ring (bicyclic) bond motifs is 2. The Balaban J connectivity index is 1.08. The molecule has 5 aromatic rings. The first-order valence-corrected chi connectivity index (χ1v) is 18.1. The number of anilines is 2. The van der Waals surface area contributed by atoms with Crippen LogP contribution in [0.25, 0.3) is 11.3 Å². The number of urea groups is 1. The van der Waals surface area contributed by atoms with Crippen molar-refractivity contribution in [2.45, 2.75) is 75.3 Å². The van der Waals surface area contributed by atoms with Crippen molar-refractivity contribution in [3.8, 4) is 11.4 Å². The highest BCUT2D eigenvalue weighted by Crippen LogP contribution is 2.39. The Morgan fingerprint density at radius 2 is 1.80 bits per heavy atom. The quantitative estimate of drug-likeness (QED) is 0.142. The number of nitrogens with zero attached hydrogens (tertiary/aromatic N) is 6. The van der Waals surface area contributed by atoms with E-state index >= 15 is 0 Å². The summed E-state index contributed by atoms with van der Waals surface area (Å²) in [6.45, 7) is 8.39. The first-order chi connectivity index (χ1) is 23.8. The van der Waals surface area contributed by atoms with E-state index in [9.17, 15) is 9.90 Å². The molecule has 1 aliphatic carbocycles. The van der Waals surface area contributed by atoms with Gasteiger partial charge in [-0.2, -0.15) is 5.10 Å². The number of ether oxygens (including phenoxy) is 1. The van der Waals surface area contributed by atoms with Gasteiger partial charge in [0, 0.05) is 35.2 Å². The van der Waals surface area contributed by atoms with E-state index in [2.05, 4.69) is 58.6 Å². The maximum absolute atomic E-state index is 13.6. The van der Waals surface area contributed by atoms with Crippen LogP contribution in [0.15, 0.2) is 77.8 Å². The van der Waals surface area contributed by atoms with Gasteiger partial charge in [0.25, 0.3) is 0 Å². The van der Waals surface area contributed by atoms with Crippen LogP contribution in [-0.4, -0.2) is 61.0 Å². The predicted molar refractivity (Wildman–Crippen MR) is 193 cm³/mol. The number of nitrogens with one attached hydrogen (secondary N) is 2. The fourth-order valence-corrected chi connectivity index (χ4v) is 7.34. The Morgan fingerprint density at radius 3 is 2.59 bits per heavy atom. The zero-order valence-corrected chi connectivity index (χ0v) is 29.1. The van der Waals surface area contributed by atoms with Crippen molar-refractivity contribution in [2.75, 3.05) is 35.7 Å². The van der Waals surface area contributed by atoms with Crippen molar-refractivity contribution in [1.29, 1.82) is 0 Å². The molecule has 2 aliphatic rings. The number of carbonyl (C=O) groups excluding carboxylic acids is 1. The Morgan fingerprint density at radius 1 is 0.980 bits per heavy atom. The van der Waals surface area contributed by atoms with E-state index in [-0.39, 0.29) is 30.2 Å². The zero-order chi connectivity index (χ0) is 34.0. The minimum Gasteiger partial charge on any atom is -0.484 e. The standard InChI is InChI=1S/C37H44N8O3S/c1-37(2,3)32-23-34(45(42-32)25-10-9-11-27(22-25)49-21-20-46)39-35(47)38-30-15-16-31(29-13-6-5-12-28(29)30)48-26-14-17-33-40-41-36(44(33)24-26)43-18-7-4-8-19-43/h5-6,9-14,17,22-24,30-31,46H,4,7-8,15-16,18-21H2,1-3H3,(H2,38,39,47)/t30-,31+/m0/s1. The second kappa shape index (κ2) is 14.1. The summed E-state index contributed by atoms with van der Waals surface area (Å²) in [4.78, 5) is 17.0. The average molecular weight is 681 g/mol. The summed E-state index contributed by atoms with van der Waals surface area (Å²) in [5, 5.41) is 29.4. The van der Waals surface area contributed by atoms with Gasteiger partial charge < -0.3 is 20.1 Å².